The summed E-state index contributed by atoms with van der Waals surface area (Å²) in [7, 11) is 1.78. The molecule has 6 heteroatoms. The predicted molar refractivity (Wildman–Crippen MR) is 109 cm³/mol. The fourth-order valence-corrected chi connectivity index (χ4v) is 3.19. The van der Waals surface area contributed by atoms with Gasteiger partial charge in [-0.25, -0.2) is 4.98 Å². The van der Waals surface area contributed by atoms with Crippen molar-refractivity contribution < 1.29 is 0 Å². The zero-order chi connectivity index (χ0) is 18.2. The first kappa shape index (κ1) is 18.5. The Kier molecular flexibility index (Phi) is 6.72. The van der Waals surface area contributed by atoms with Crippen LogP contribution in [0.5, 0.6) is 0 Å². The maximum Gasteiger partial charge on any atom is 0.191 e. The van der Waals surface area contributed by atoms with Gasteiger partial charge in [-0.05, 0) is 54.7 Å². The van der Waals surface area contributed by atoms with Crippen molar-refractivity contribution in [1.29, 1.82) is 0 Å². The van der Waals surface area contributed by atoms with E-state index in [-0.39, 0.29) is 0 Å². The molecule has 1 fully saturated rings. The van der Waals surface area contributed by atoms with Crippen molar-refractivity contribution in [3.8, 4) is 0 Å². The smallest absolute Gasteiger partial charge is 0.191 e. The van der Waals surface area contributed by atoms with Gasteiger partial charge >= 0.3 is 0 Å². The van der Waals surface area contributed by atoms with Crippen LogP contribution >= 0.6 is 11.6 Å². The molecule has 0 bridgehead atoms. The Balaban J connectivity index is 1.52. The number of piperidine rings is 1. The van der Waals surface area contributed by atoms with Crippen LogP contribution in [0.3, 0.4) is 0 Å². The lowest BCUT2D eigenvalue weighted by Crippen LogP contribution is -2.36. The molecule has 2 N–H and O–H groups in total. The number of nitrogens with zero attached hydrogens (tertiary/aromatic N) is 3. The van der Waals surface area contributed by atoms with Crippen LogP contribution in [-0.2, 0) is 13.1 Å². The minimum absolute atomic E-state index is 0.701. The summed E-state index contributed by atoms with van der Waals surface area (Å²) in [5.74, 6) is 1.85. The molecule has 0 unspecified atom stereocenters. The number of aliphatic imine (C=N–C) groups is 1. The predicted octanol–water partition coefficient (Wildman–Crippen LogP) is 3.59. The summed E-state index contributed by atoms with van der Waals surface area (Å²) in [5.41, 5.74) is 2.36. The van der Waals surface area contributed by atoms with E-state index in [1.165, 1.54) is 24.8 Å². The van der Waals surface area contributed by atoms with Crippen LogP contribution < -0.4 is 15.5 Å². The summed E-state index contributed by atoms with van der Waals surface area (Å²) in [6, 6.07) is 12.0. The van der Waals surface area contributed by atoms with Gasteiger partial charge in [-0.3, -0.25) is 4.99 Å². The largest absolute Gasteiger partial charge is 0.357 e. The van der Waals surface area contributed by atoms with E-state index in [1.54, 1.807) is 7.05 Å². The molecule has 1 saturated heterocycles. The molecule has 0 spiro atoms. The Labute approximate surface area is 160 Å². The maximum absolute atomic E-state index is 5.92. The average Bonchev–Trinajstić information content (AvgIpc) is 2.70. The lowest BCUT2D eigenvalue weighted by molar-refractivity contribution is 0.573. The van der Waals surface area contributed by atoms with Crippen LogP contribution in [0, 0.1) is 0 Å². The Bertz CT molecular complexity index is 723. The van der Waals surface area contributed by atoms with Crippen LogP contribution in [0.25, 0.3) is 0 Å². The third-order valence-corrected chi connectivity index (χ3v) is 4.80. The van der Waals surface area contributed by atoms with Gasteiger partial charge in [0.2, 0.25) is 0 Å². The lowest BCUT2D eigenvalue weighted by Gasteiger charge is -2.28. The molecule has 3 rings (SSSR count). The molecule has 1 aliphatic rings. The number of benzene rings is 1. The molecule has 0 saturated carbocycles. The molecule has 2 heterocycles. The number of halogens is 1. The van der Waals surface area contributed by atoms with Crippen LogP contribution in [0.2, 0.25) is 5.02 Å². The van der Waals surface area contributed by atoms with Crippen LogP contribution in [0.15, 0.2) is 47.6 Å². The number of hydrogen-bond acceptors (Lipinski definition) is 3. The number of hydrogen-bond donors (Lipinski definition) is 2. The Morgan fingerprint density at radius 1 is 1.04 bits per heavy atom. The monoisotopic (exact) mass is 371 g/mol. The van der Waals surface area contributed by atoms with E-state index in [4.69, 9.17) is 11.6 Å². The van der Waals surface area contributed by atoms with Crippen LogP contribution in [-0.4, -0.2) is 31.1 Å². The Morgan fingerprint density at radius 2 is 1.73 bits per heavy atom. The number of nitrogens with one attached hydrogen (secondary N) is 2. The molecule has 1 aromatic heterocycles. The first-order valence-electron chi connectivity index (χ1n) is 9.13. The molecule has 2 aromatic rings. The first-order valence-corrected chi connectivity index (χ1v) is 9.51. The SMILES string of the molecule is CN=C(NCc1ccc(Cl)cc1)NCc1ccnc(N2CCCCC2)c1. The minimum Gasteiger partial charge on any atom is -0.357 e. The highest BCUT2D eigenvalue weighted by atomic mass is 35.5. The van der Waals surface area contributed by atoms with Gasteiger partial charge in [0, 0.05) is 44.4 Å². The summed E-state index contributed by atoms with van der Waals surface area (Å²) in [6.07, 6.45) is 5.73. The van der Waals surface area contributed by atoms with E-state index in [0.717, 1.165) is 35.5 Å². The normalized spacial score (nSPS) is 15.0. The molecular weight excluding hydrogens is 346 g/mol. The number of guanidine groups is 1. The van der Waals surface area contributed by atoms with Crippen molar-refractivity contribution in [3.05, 3.63) is 58.7 Å². The Hall–Kier alpha value is -2.27. The standard InChI is InChI=1S/C20H26ClN5/c1-22-20(24-14-16-5-7-18(21)8-6-16)25-15-17-9-10-23-19(13-17)26-11-3-2-4-12-26/h5-10,13H,2-4,11-12,14-15H2,1H3,(H2,22,24,25). The van der Waals surface area contributed by atoms with E-state index in [2.05, 4.69) is 31.6 Å². The van der Waals surface area contributed by atoms with Gasteiger partial charge in [0.25, 0.3) is 0 Å². The van der Waals surface area contributed by atoms with Crippen molar-refractivity contribution in [2.75, 3.05) is 25.0 Å². The molecule has 1 aromatic carbocycles. The van der Waals surface area contributed by atoms with Gasteiger partial charge in [0.1, 0.15) is 5.82 Å². The molecule has 0 aliphatic carbocycles. The summed E-state index contributed by atoms with van der Waals surface area (Å²) < 4.78 is 0. The Morgan fingerprint density at radius 3 is 2.42 bits per heavy atom. The lowest BCUT2D eigenvalue weighted by atomic mass is 10.1. The summed E-state index contributed by atoms with van der Waals surface area (Å²) in [5, 5.41) is 7.44. The average molecular weight is 372 g/mol. The number of aromatic nitrogens is 1. The van der Waals surface area contributed by atoms with Gasteiger partial charge in [0.05, 0.1) is 0 Å². The van der Waals surface area contributed by atoms with Gasteiger partial charge in [0.15, 0.2) is 5.96 Å². The van der Waals surface area contributed by atoms with Gasteiger partial charge in [-0.15, -0.1) is 0 Å². The minimum atomic E-state index is 0.701. The number of pyridine rings is 1. The highest BCUT2D eigenvalue weighted by molar-refractivity contribution is 6.30. The van der Waals surface area contributed by atoms with E-state index >= 15 is 0 Å². The molecular formula is C20H26ClN5. The molecule has 0 radical (unpaired) electrons. The van der Waals surface area contributed by atoms with Gasteiger partial charge < -0.3 is 15.5 Å². The van der Waals surface area contributed by atoms with Crippen molar-refractivity contribution in [1.82, 2.24) is 15.6 Å². The van der Waals surface area contributed by atoms with Crippen molar-refractivity contribution in [2.45, 2.75) is 32.4 Å². The zero-order valence-corrected chi connectivity index (χ0v) is 16.0. The highest BCUT2D eigenvalue weighted by Gasteiger charge is 2.12. The second-order valence-corrected chi connectivity index (χ2v) is 6.91. The highest BCUT2D eigenvalue weighted by Crippen LogP contribution is 2.18. The fourth-order valence-electron chi connectivity index (χ4n) is 3.06. The van der Waals surface area contributed by atoms with Crippen LogP contribution in [0.4, 0.5) is 5.82 Å². The summed E-state index contributed by atoms with van der Waals surface area (Å²) >= 11 is 5.92. The molecule has 138 valence electrons. The fraction of sp³-hybridized carbons (Fsp3) is 0.400. The van der Waals surface area contributed by atoms with E-state index in [9.17, 15) is 0 Å². The first-order chi connectivity index (χ1) is 12.7. The van der Waals surface area contributed by atoms with Gasteiger partial charge in [-0.2, -0.15) is 0 Å². The topological polar surface area (TPSA) is 52.6 Å². The van der Waals surface area contributed by atoms with Crippen molar-refractivity contribution in [3.63, 3.8) is 0 Å². The van der Waals surface area contributed by atoms with E-state index < -0.39 is 0 Å². The third kappa shape index (κ3) is 5.36. The molecule has 5 nitrogen and oxygen atoms in total. The number of rotatable bonds is 5. The molecule has 26 heavy (non-hydrogen) atoms. The third-order valence-electron chi connectivity index (χ3n) is 4.55. The molecule has 1 aliphatic heterocycles. The number of anilines is 1. The summed E-state index contributed by atoms with van der Waals surface area (Å²) in [6.45, 7) is 3.62. The van der Waals surface area contributed by atoms with Crippen molar-refractivity contribution >= 4 is 23.4 Å². The maximum atomic E-state index is 5.92. The second-order valence-electron chi connectivity index (χ2n) is 6.48. The quantitative estimate of drug-likeness (QED) is 0.623. The zero-order valence-electron chi connectivity index (χ0n) is 15.2. The van der Waals surface area contributed by atoms with Crippen molar-refractivity contribution in [2.24, 2.45) is 4.99 Å². The molecule has 0 amide bonds. The van der Waals surface area contributed by atoms with E-state index in [0.29, 0.717) is 13.1 Å². The van der Waals surface area contributed by atoms with Crippen LogP contribution in [0.1, 0.15) is 30.4 Å². The van der Waals surface area contributed by atoms with E-state index in [1.807, 2.05) is 36.5 Å². The van der Waals surface area contributed by atoms with Gasteiger partial charge in [-0.1, -0.05) is 23.7 Å². The summed E-state index contributed by atoms with van der Waals surface area (Å²) in [4.78, 5) is 11.2. The molecule has 0 atom stereocenters. The second kappa shape index (κ2) is 9.43.